The van der Waals surface area contributed by atoms with Crippen molar-refractivity contribution in [2.45, 2.75) is 5.54 Å². The molecule has 1 unspecified atom stereocenters. The Hall–Kier alpha value is -2.51. The molecule has 0 amide bonds. The summed E-state index contributed by atoms with van der Waals surface area (Å²) in [6.07, 6.45) is 1.65. The van der Waals surface area contributed by atoms with Gasteiger partial charge in [-0.2, -0.15) is 4.39 Å². The Balaban J connectivity index is 1.97. The minimum Gasteiger partial charge on any atom is -0.452 e. The van der Waals surface area contributed by atoms with Crippen molar-refractivity contribution in [2.75, 3.05) is 0 Å². The van der Waals surface area contributed by atoms with Gasteiger partial charge in [0.2, 0.25) is 0 Å². The summed E-state index contributed by atoms with van der Waals surface area (Å²) in [5, 5.41) is 0.000763. The van der Waals surface area contributed by atoms with Gasteiger partial charge in [-0.05, 0) is 36.4 Å². The van der Waals surface area contributed by atoms with Gasteiger partial charge in [0.15, 0.2) is 11.3 Å². The standard InChI is InChI=1S/C18H9BrClFN4O/c19-8-3-4-12-10(6-8)18(11-7-13(20)24-16(21)14(11)26-12)15-9(17(22)25-18)2-1-5-23-15/h1-7H,(H2,22,25). The fourth-order valence-electron chi connectivity index (χ4n) is 3.54. The zero-order valence-corrected chi connectivity index (χ0v) is 15.3. The van der Waals surface area contributed by atoms with Crippen LogP contribution in [0.25, 0.3) is 0 Å². The van der Waals surface area contributed by atoms with Crippen molar-refractivity contribution >= 4 is 33.4 Å². The quantitative estimate of drug-likeness (QED) is 0.543. The van der Waals surface area contributed by atoms with Crippen LogP contribution in [0.4, 0.5) is 4.39 Å². The van der Waals surface area contributed by atoms with Gasteiger partial charge in [-0.1, -0.05) is 27.5 Å². The Kier molecular flexibility index (Phi) is 3.17. The van der Waals surface area contributed by atoms with Crippen LogP contribution in [0, 0.1) is 5.95 Å². The first-order chi connectivity index (χ1) is 12.5. The summed E-state index contributed by atoms with van der Waals surface area (Å²) in [5.74, 6) is -0.0585. The second-order valence-electron chi connectivity index (χ2n) is 5.96. The topological polar surface area (TPSA) is 73.4 Å². The summed E-state index contributed by atoms with van der Waals surface area (Å²) >= 11 is 9.53. The molecular formula is C18H9BrClFN4O. The largest absolute Gasteiger partial charge is 0.452 e. The van der Waals surface area contributed by atoms with Gasteiger partial charge < -0.3 is 10.5 Å². The van der Waals surface area contributed by atoms with Crippen LogP contribution >= 0.6 is 27.5 Å². The third kappa shape index (κ3) is 1.92. The van der Waals surface area contributed by atoms with Crippen molar-refractivity contribution in [3.05, 3.63) is 80.6 Å². The molecule has 4 heterocycles. The Morgan fingerprint density at radius 1 is 1.19 bits per heavy atom. The summed E-state index contributed by atoms with van der Waals surface area (Å²) in [6.45, 7) is 0. The van der Waals surface area contributed by atoms with Crippen molar-refractivity contribution in [3.63, 3.8) is 0 Å². The molecule has 8 heteroatoms. The summed E-state index contributed by atoms with van der Waals surface area (Å²) in [5.41, 5.74) is 7.45. The van der Waals surface area contributed by atoms with Gasteiger partial charge in [-0.3, -0.25) is 4.98 Å². The van der Waals surface area contributed by atoms with Crippen molar-refractivity contribution in [1.82, 2.24) is 9.97 Å². The maximum atomic E-state index is 14.6. The maximum absolute atomic E-state index is 14.6. The predicted molar refractivity (Wildman–Crippen MR) is 98.3 cm³/mol. The molecule has 5 rings (SSSR count). The first-order valence-corrected chi connectivity index (χ1v) is 8.83. The van der Waals surface area contributed by atoms with Gasteiger partial charge in [0.1, 0.15) is 16.7 Å². The Morgan fingerprint density at radius 2 is 2.04 bits per heavy atom. The first-order valence-electron chi connectivity index (χ1n) is 7.66. The number of hydrogen-bond donors (Lipinski definition) is 1. The van der Waals surface area contributed by atoms with E-state index in [1.54, 1.807) is 30.5 Å². The van der Waals surface area contributed by atoms with E-state index in [0.717, 1.165) is 4.47 Å². The van der Waals surface area contributed by atoms with Gasteiger partial charge in [0.05, 0.1) is 5.69 Å². The van der Waals surface area contributed by atoms with Crippen LogP contribution < -0.4 is 10.5 Å². The molecule has 0 fully saturated rings. The molecule has 2 aliphatic rings. The van der Waals surface area contributed by atoms with Gasteiger partial charge in [-0.15, -0.1) is 0 Å². The summed E-state index contributed by atoms with van der Waals surface area (Å²) in [4.78, 5) is 12.9. The van der Waals surface area contributed by atoms with Crippen LogP contribution in [0.3, 0.4) is 0 Å². The van der Waals surface area contributed by atoms with Gasteiger partial charge in [-0.25, -0.2) is 9.98 Å². The number of pyridine rings is 2. The van der Waals surface area contributed by atoms with Crippen molar-refractivity contribution in [2.24, 2.45) is 10.7 Å². The molecule has 1 spiro atoms. The first kappa shape index (κ1) is 15.7. The van der Waals surface area contributed by atoms with E-state index in [-0.39, 0.29) is 10.9 Å². The minimum absolute atomic E-state index is 0.000763. The van der Waals surface area contributed by atoms with Crippen LogP contribution in [0.2, 0.25) is 5.15 Å². The number of amidine groups is 1. The molecule has 128 valence electrons. The highest BCUT2D eigenvalue weighted by molar-refractivity contribution is 9.10. The predicted octanol–water partition coefficient (Wildman–Crippen LogP) is 4.15. The zero-order valence-electron chi connectivity index (χ0n) is 13.0. The van der Waals surface area contributed by atoms with Gasteiger partial charge in [0.25, 0.3) is 5.95 Å². The van der Waals surface area contributed by atoms with Crippen LogP contribution in [-0.4, -0.2) is 15.8 Å². The lowest BCUT2D eigenvalue weighted by atomic mass is 9.78. The van der Waals surface area contributed by atoms with Crippen LogP contribution in [0.15, 0.2) is 52.1 Å². The highest BCUT2D eigenvalue weighted by Crippen LogP contribution is 2.55. The third-order valence-corrected chi connectivity index (χ3v) is 5.24. The lowest BCUT2D eigenvalue weighted by Gasteiger charge is -2.35. The van der Waals surface area contributed by atoms with Crippen molar-refractivity contribution in [1.29, 1.82) is 0 Å². The normalized spacial score (nSPS) is 19.4. The van der Waals surface area contributed by atoms with Gasteiger partial charge in [0, 0.05) is 27.4 Å². The molecule has 26 heavy (non-hydrogen) atoms. The van der Waals surface area contributed by atoms with E-state index in [1.165, 1.54) is 0 Å². The lowest BCUT2D eigenvalue weighted by Crippen LogP contribution is -2.31. The number of halogens is 3. The number of ether oxygens (including phenoxy) is 1. The molecule has 0 aliphatic carbocycles. The highest BCUT2D eigenvalue weighted by Gasteiger charge is 2.51. The minimum atomic E-state index is -1.15. The lowest BCUT2D eigenvalue weighted by molar-refractivity contribution is 0.383. The summed E-state index contributed by atoms with van der Waals surface area (Å²) < 4.78 is 21.2. The van der Waals surface area contributed by atoms with Crippen LogP contribution in [-0.2, 0) is 5.54 Å². The second-order valence-corrected chi connectivity index (χ2v) is 7.26. The zero-order chi connectivity index (χ0) is 18.1. The van der Waals surface area contributed by atoms with E-state index in [2.05, 4.69) is 25.9 Å². The number of nitrogens with zero attached hydrogens (tertiary/aromatic N) is 3. The maximum Gasteiger partial charge on any atom is 0.257 e. The molecule has 2 aliphatic heterocycles. The number of aromatic nitrogens is 2. The van der Waals surface area contributed by atoms with E-state index >= 15 is 0 Å². The Bertz CT molecular complexity index is 1140. The smallest absolute Gasteiger partial charge is 0.257 e. The molecule has 0 bridgehead atoms. The molecule has 1 atom stereocenters. The Labute approximate surface area is 160 Å². The molecule has 1 aromatic carbocycles. The van der Waals surface area contributed by atoms with Crippen LogP contribution in [0.1, 0.15) is 22.4 Å². The van der Waals surface area contributed by atoms with E-state index in [1.807, 2.05) is 12.1 Å². The molecule has 3 aromatic rings. The van der Waals surface area contributed by atoms with E-state index in [4.69, 9.17) is 27.1 Å². The molecule has 2 aromatic heterocycles. The summed E-state index contributed by atoms with van der Waals surface area (Å²) in [7, 11) is 0. The van der Waals surface area contributed by atoms with E-state index in [9.17, 15) is 4.39 Å². The number of nitrogens with two attached hydrogens (primary N) is 1. The molecule has 0 saturated heterocycles. The van der Waals surface area contributed by atoms with Crippen molar-refractivity contribution in [3.8, 4) is 11.5 Å². The monoisotopic (exact) mass is 430 g/mol. The molecule has 0 radical (unpaired) electrons. The van der Waals surface area contributed by atoms with E-state index < -0.39 is 11.5 Å². The fourth-order valence-corrected chi connectivity index (χ4v) is 4.08. The van der Waals surface area contributed by atoms with E-state index in [0.29, 0.717) is 34.0 Å². The SMILES string of the molecule is NC1=NC2(c3cc(Br)ccc3Oc3c2cc(Cl)nc3F)c2ncccc21. The molecule has 2 N–H and O–H groups in total. The average Bonchev–Trinajstić information content (AvgIpc) is 2.91. The van der Waals surface area contributed by atoms with Crippen LogP contribution in [0.5, 0.6) is 11.5 Å². The molecule has 5 nitrogen and oxygen atoms in total. The fraction of sp³-hybridized carbons (Fsp3) is 0.0556. The molecular weight excluding hydrogens is 423 g/mol. The third-order valence-electron chi connectivity index (χ3n) is 4.55. The number of benzene rings is 1. The Morgan fingerprint density at radius 3 is 2.88 bits per heavy atom. The average molecular weight is 432 g/mol. The van der Waals surface area contributed by atoms with Gasteiger partial charge >= 0.3 is 0 Å². The molecule has 0 saturated carbocycles. The number of fused-ring (bicyclic) bond motifs is 6. The number of rotatable bonds is 0. The second kappa shape index (κ2) is 5.25. The summed E-state index contributed by atoms with van der Waals surface area (Å²) in [6, 6.07) is 10.6. The van der Waals surface area contributed by atoms with Crippen molar-refractivity contribution < 1.29 is 9.13 Å². The number of hydrogen-bond acceptors (Lipinski definition) is 5. The highest BCUT2D eigenvalue weighted by atomic mass is 79.9. The number of aliphatic imine (C=N–C) groups is 1.